The summed E-state index contributed by atoms with van der Waals surface area (Å²) in [4.78, 5) is 28.6. The maximum atomic E-state index is 13.4. The normalized spacial score (nSPS) is 17.3. The molecule has 0 aromatic carbocycles. The van der Waals surface area contributed by atoms with Crippen LogP contribution in [-0.4, -0.2) is 66.2 Å². The molecule has 38 heavy (non-hydrogen) atoms. The molecule has 0 unspecified atom stereocenters. The van der Waals surface area contributed by atoms with Gasteiger partial charge in [0.2, 0.25) is 16.7 Å². The van der Waals surface area contributed by atoms with Gasteiger partial charge >= 0.3 is 18.5 Å². The Bertz CT molecular complexity index is 1300. The Morgan fingerprint density at radius 3 is 2.11 bits per heavy atom. The van der Waals surface area contributed by atoms with Gasteiger partial charge in [-0.1, -0.05) is 11.3 Å². The number of alkyl halides is 9. The molecule has 1 aliphatic rings. The highest BCUT2D eigenvalue weighted by Crippen LogP contribution is 2.43. The van der Waals surface area contributed by atoms with E-state index in [0.717, 1.165) is 23.4 Å². The Labute approximate surface area is 210 Å². The van der Waals surface area contributed by atoms with E-state index < -0.39 is 53.7 Å². The summed E-state index contributed by atoms with van der Waals surface area (Å²) >= 11 is 0.277. The Morgan fingerprint density at radius 2 is 1.58 bits per heavy atom. The summed E-state index contributed by atoms with van der Waals surface area (Å²) in [5, 5.41) is 1.98. The van der Waals surface area contributed by atoms with Crippen LogP contribution in [0.1, 0.15) is 23.6 Å². The molecule has 1 fully saturated rings. The Morgan fingerprint density at radius 1 is 0.947 bits per heavy atom. The molecule has 0 N–H and O–H groups in total. The van der Waals surface area contributed by atoms with Crippen LogP contribution in [-0.2, 0) is 29.9 Å². The average molecular weight is 574 g/mol. The van der Waals surface area contributed by atoms with Crippen LogP contribution in [0.15, 0.2) is 18.7 Å². The predicted molar refractivity (Wildman–Crippen MR) is 112 cm³/mol. The van der Waals surface area contributed by atoms with Crippen molar-refractivity contribution >= 4 is 22.2 Å². The van der Waals surface area contributed by atoms with Gasteiger partial charge in [-0.3, -0.25) is 4.79 Å². The third kappa shape index (κ3) is 5.81. The van der Waals surface area contributed by atoms with Crippen molar-refractivity contribution in [2.75, 3.05) is 24.5 Å². The van der Waals surface area contributed by atoms with E-state index in [4.69, 9.17) is 0 Å². The van der Waals surface area contributed by atoms with Crippen molar-refractivity contribution in [3.63, 3.8) is 0 Å². The summed E-state index contributed by atoms with van der Waals surface area (Å²) in [6, 6.07) is -0.602. The molecule has 4 heterocycles. The van der Waals surface area contributed by atoms with E-state index in [0.29, 0.717) is 0 Å². The van der Waals surface area contributed by atoms with Crippen molar-refractivity contribution in [2.24, 2.45) is 0 Å². The smallest absolute Gasteiger partial charge is 0.358 e. The van der Waals surface area contributed by atoms with Gasteiger partial charge in [0, 0.05) is 43.6 Å². The lowest BCUT2D eigenvalue weighted by molar-refractivity contribution is -0.145. The molecule has 1 amide bonds. The molecule has 0 saturated carbocycles. The van der Waals surface area contributed by atoms with Crippen molar-refractivity contribution in [3.05, 3.63) is 35.4 Å². The van der Waals surface area contributed by atoms with Gasteiger partial charge in [0.15, 0.2) is 0 Å². The molecule has 206 valence electrons. The molecule has 4 rings (SSSR count). The van der Waals surface area contributed by atoms with Crippen LogP contribution >= 0.6 is 11.3 Å². The number of thiazole rings is 1. The third-order valence-corrected chi connectivity index (χ3v) is 6.51. The van der Waals surface area contributed by atoms with Gasteiger partial charge in [0.1, 0.15) is 23.6 Å². The molecule has 9 nitrogen and oxygen atoms in total. The maximum Gasteiger partial charge on any atom is 0.453 e. The van der Waals surface area contributed by atoms with Gasteiger partial charge in [-0.25, -0.2) is 24.6 Å². The minimum Gasteiger partial charge on any atom is -0.358 e. The lowest BCUT2D eigenvalue weighted by Gasteiger charge is -2.40. The second-order valence-electron chi connectivity index (χ2n) is 8.11. The number of anilines is 1. The van der Waals surface area contributed by atoms with Gasteiger partial charge < -0.3 is 9.80 Å². The van der Waals surface area contributed by atoms with E-state index in [9.17, 15) is 44.3 Å². The van der Waals surface area contributed by atoms with E-state index in [1.54, 1.807) is 6.92 Å². The number of hydrogen-bond donors (Lipinski definition) is 0. The molecule has 19 heteroatoms. The van der Waals surface area contributed by atoms with E-state index in [2.05, 4.69) is 25.0 Å². The van der Waals surface area contributed by atoms with Gasteiger partial charge in [0.25, 0.3) is 5.82 Å². The zero-order valence-electron chi connectivity index (χ0n) is 18.9. The van der Waals surface area contributed by atoms with E-state index >= 15 is 0 Å². The first-order valence-electron chi connectivity index (χ1n) is 10.5. The summed E-state index contributed by atoms with van der Waals surface area (Å²) in [6.07, 6.45) is -12.3. The van der Waals surface area contributed by atoms with Crippen LogP contribution in [0.5, 0.6) is 0 Å². The highest BCUT2D eigenvalue weighted by atomic mass is 32.1. The largest absolute Gasteiger partial charge is 0.453 e. The molecule has 3 aromatic rings. The van der Waals surface area contributed by atoms with Crippen LogP contribution in [0.4, 0.5) is 44.5 Å². The number of aromatic nitrogens is 6. The molecule has 1 saturated heterocycles. The fourth-order valence-corrected chi connectivity index (χ4v) is 4.67. The summed E-state index contributed by atoms with van der Waals surface area (Å²) in [7, 11) is 0. The molecule has 3 aromatic heterocycles. The topological polar surface area (TPSA) is 92.9 Å². The molecule has 0 radical (unpaired) electrons. The first-order valence-corrected chi connectivity index (χ1v) is 11.3. The van der Waals surface area contributed by atoms with Crippen LogP contribution in [0.2, 0.25) is 0 Å². The summed E-state index contributed by atoms with van der Waals surface area (Å²) in [5.41, 5.74) is -0.442. The average Bonchev–Trinajstić information content (AvgIpc) is 3.46. The standard InChI is InChI=1S/C19H15F9N8OS/c1-9-6-34(2-3-36(9)11(37)7-35-8-31-15(33-35)18(23,24)25)13-12(32-16(38-13)19(26,27)28)10-4-29-14(30-5-10)17(20,21)22/h4-5,8-9H,2-3,6-7H2,1H3/t9-/m1/s1. The van der Waals surface area contributed by atoms with Crippen molar-refractivity contribution < 1.29 is 44.3 Å². The van der Waals surface area contributed by atoms with Gasteiger partial charge in [0.05, 0.1) is 0 Å². The van der Waals surface area contributed by atoms with Crippen LogP contribution in [0, 0.1) is 0 Å². The highest BCUT2D eigenvalue weighted by molar-refractivity contribution is 7.16. The maximum absolute atomic E-state index is 13.4. The van der Waals surface area contributed by atoms with Crippen molar-refractivity contribution in [1.82, 2.24) is 34.6 Å². The van der Waals surface area contributed by atoms with Crippen molar-refractivity contribution in [3.8, 4) is 11.3 Å². The number of rotatable bonds is 4. The van der Waals surface area contributed by atoms with Crippen molar-refractivity contribution in [1.29, 1.82) is 0 Å². The number of piperazine rings is 1. The number of amides is 1. The first-order chi connectivity index (χ1) is 17.5. The second-order valence-corrected chi connectivity index (χ2v) is 9.09. The number of nitrogens with zero attached hydrogens (tertiary/aromatic N) is 8. The minimum atomic E-state index is -4.85. The number of halogens is 9. The summed E-state index contributed by atoms with van der Waals surface area (Å²) in [6.45, 7) is 1.04. The van der Waals surface area contributed by atoms with Crippen LogP contribution in [0.25, 0.3) is 11.3 Å². The third-order valence-electron chi connectivity index (χ3n) is 5.35. The number of carbonyl (C=O) groups excluding carboxylic acids is 1. The number of carbonyl (C=O) groups is 1. The lowest BCUT2D eigenvalue weighted by atomic mass is 10.1. The lowest BCUT2D eigenvalue weighted by Crippen LogP contribution is -2.54. The fourth-order valence-electron chi connectivity index (χ4n) is 3.68. The Kier molecular flexibility index (Phi) is 7.00. The Hall–Kier alpha value is -3.51. The van der Waals surface area contributed by atoms with Crippen molar-refractivity contribution in [2.45, 2.75) is 38.0 Å². The molecule has 0 aliphatic carbocycles. The predicted octanol–water partition coefficient (Wildman–Crippen LogP) is 3.99. The molecule has 0 bridgehead atoms. The summed E-state index contributed by atoms with van der Waals surface area (Å²) in [5.74, 6) is -3.47. The minimum absolute atomic E-state index is 0.00484. The van der Waals surface area contributed by atoms with E-state index in [1.165, 1.54) is 9.80 Å². The Balaban J connectivity index is 1.54. The zero-order valence-corrected chi connectivity index (χ0v) is 19.8. The van der Waals surface area contributed by atoms with E-state index in [-0.39, 0.29) is 47.2 Å². The molecule has 0 spiro atoms. The molecule has 1 aliphatic heterocycles. The van der Waals surface area contributed by atoms with E-state index in [1.807, 2.05) is 0 Å². The zero-order chi connectivity index (χ0) is 28.0. The SMILES string of the molecule is C[C@@H]1CN(c2sc(C(F)(F)F)nc2-c2cnc(C(F)(F)F)nc2)CCN1C(=O)Cn1cnc(C(F)(F)F)n1. The number of hydrogen-bond acceptors (Lipinski definition) is 8. The quantitative estimate of drug-likeness (QED) is 0.436. The van der Waals surface area contributed by atoms with Crippen LogP contribution in [0.3, 0.4) is 0 Å². The van der Waals surface area contributed by atoms with Crippen LogP contribution < -0.4 is 4.90 Å². The fraction of sp³-hybridized carbons (Fsp3) is 0.474. The molecule has 1 atom stereocenters. The van der Waals surface area contributed by atoms with Gasteiger partial charge in [-0.05, 0) is 6.92 Å². The molecular weight excluding hydrogens is 559 g/mol. The highest BCUT2D eigenvalue weighted by Gasteiger charge is 2.40. The van der Waals surface area contributed by atoms with Gasteiger partial charge in [-0.15, -0.1) is 5.10 Å². The second kappa shape index (κ2) is 9.66. The van der Waals surface area contributed by atoms with Gasteiger partial charge in [-0.2, -0.15) is 39.5 Å². The molecular formula is C19H15F9N8OS. The first kappa shape index (κ1) is 27.5. The monoisotopic (exact) mass is 574 g/mol. The summed E-state index contributed by atoms with van der Waals surface area (Å²) < 4.78 is 117.